The second-order valence-electron chi connectivity index (χ2n) is 5.88. The molecule has 0 spiro atoms. The molecule has 1 fully saturated rings. The zero-order chi connectivity index (χ0) is 16.2. The third-order valence-corrected chi connectivity index (χ3v) is 4.33. The molecule has 122 valence electrons. The molecule has 1 aromatic carbocycles. The van der Waals surface area contributed by atoms with Crippen LogP contribution in [0.3, 0.4) is 0 Å². The van der Waals surface area contributed by atoms with Gasteiger partial charge in [-0.2, -0.15) is 0 Å². The third kappa shape index (κ3) is 3.45. The van der Waals surface area contributed by atoms with Gasteiger partial charge in [-0.15, -0.1) is 0 Å². The minimum Gasteiger partial charge on any atom is -0.431 e. The summed E-state index contributed by atoms with van der Waals surface area (Å²) in [4.78, 5) is 21.5. The van der Waals surface area contributed by atoms with Gasteiger partial charge in [0, 0.05) is 25.2 Å². The maximum absolute atomic E-state index is 12.8. The van der Waals surface area contributed by atoms with E-state index in [0.29, 0.717) is 17.3 Å². The van der Waals surface area contributed by atoms with Gasteiger partial charge in [0.1, 0.15) is 0 Å². The van der Waals surface area contributed by atoms with Gasteiger partial charge >= 0.3 is 0 Å². The summed E-state index contributed by atoms with van der Waals surface area (Å²) in [5.74, 6) is 0.834. The van der Waals surface area contributed by atoms with Crippen molar-refractivity contribution in [2.75, 3.05) is 32.7 Å². The minimum absolute atomic E-state index is 0.0462. The summed E-state index contributed by atoms with van der Waals surface area (Å²) in [6.45, 7) is 8.50. The van der Waals surface area contributed by atoms with Crippen LogP contribution in [-0.2, 0) is 0 Å². The molecule has 0 bridgehead atoms. The summed E-state index contributed by atoms with van der Waals surface area (Å²) in [7, 11) is 0. The molecule has 0 unspecified atom stereocenters. The van der Waals surface area contributed by atoms with Crippen LogP contribution in [0.25, 0.3) is 11.5 Å². The first-order valence-electron chi connectivity index (χ1n) is 8.23. The van der Waals surface area contributed by atoms with Gasteiger partial charge in [-0.25, -0.2) is 4.98 Å². The van der Waals surface area contributed by atoms with E-state index in [1.165, 1.54) is 0 Å². The van der Waals surface area contributed by atoms with Crippen LogP contribution in [0.1, 0.15) is 29.6 Å². The molecule has 0 atom stereocenters. The molecular weight excluding hydrogens is 290 g/mol. The molecular formula is C18H23N3O2. The van der Waals surface area contributed by atoms with Crippen LogP contribution in [-0.4, -0.2) is 53.4 Å². The van der Waals surface area contributed by atoms with E-state index in [1.54, 1.807) is 0 Å². The number of benzene rings is 1. The molecule has 0 N–H and O–H groups in total. The number of hydrogen-bond acceptors (Lipinski definition) is 4. The SMILES string of the molecule is CCN1CCCN(C(=O)c2oc(-c3ccccc3)nc2C)CC1. The number of likely N-dealkylation sites (N-methyl/N-ethyl adjacent to an activating group) is 1. The van der Waals surface area contributed by atoms with Gasteiger partial charge < -0.3 is 14.2 Å². The average Bonchev–Trinajstić information content (AvgIpc) is 2.82. The topological polar surface area (TPSA) is 49.6 Å². The second kappa shape index (κ2) is 6.96. The molecule has 1 saturated heterocycles. The first-order chi connectivity index (χ1) is 11.2. The van der Waals surface area contributed by atoms with Gasteiger partial charge in [0.05, 0.1) is 5.69 Å². The summed E-state index contributed by atoms with van der Waals surface area (Å²) in [5.41, 5.74) is 1.55. The highest BCUT2D eigenvalue weighted by Crippen LogP contribution is 2.23. The molecule has 1 amide bonds. The van der Waals surface area contributed by atoms with Crippen LogP contribution in [0.4, 0.5) is 0 Å². The quantitative estimate of drug-likeness (QED) is 0.874. The lowest BCUT2D eigenvalue weighted by Gasteiger charge is -2.20. The number of aryl methyl sites for hydroxylation is 1. The van der Waals surface area contributed by atoms with Crippen molar-refractivity contribution in [3.05, 3.63) is 41.8 Å². The molecule has 23 heavy (non-hydrogen) atoms. The molecule has 3 rings (SSSR count). The monoisotopic (exact) mass is 313 g/mol. The van der Waals surface area contributed by atoms with E-state index in [0.717, 1.165) is 44.7 Å². The molecule has 0 aliphatic carbocycles. The first-order valence-corrected chi connectivity index (χ1v) is 8.23. The van der Waals surface area contributed by atoms with Crippen molar-refractivity contribution < 1.29 is 9.21 Å². The number of oxazole rings is 1. The maximum atomic E-state index is 12.8. The lowest BCUT2D eigenvalue weighted by atomic mass is 10.2. The second-order valence-corrected chi connectivity index (χ2v) is 5.88. The number of carbonyl (C=O) groups excluding carboxylic acids is 1. The predicted octanol–water partition coefficient (Wildman–Crippen LogP) is 2.82. The molecule has 1 aromatic heterocycles. The van der Waals surface area contributed by atoms with Crippen molar-refractivity contribution in [3.63, 3.8) is 0 Å². The molecule has 2 aromatic rings. The lowest BCUT2D eigenvalue weighted by molar-refractivity contribution is 0.0729. The smallest absolute Gasteiger partial charge is 0.291 e. The van der Waals surface area contributed by atoms with Gasteiger partial charge in [0.2, 0.25) is 11.7 Å². The highest BCUT2D eigenvalue weighted by atomic mass is 16.4. The molecule has 0 radical (unpaired) electrons. The van der Waals surface area contributed by atoms with E-state index in [9.17, 15) is 4.79 Å². The largest absolute Gasteiger partial charge is 0.431 e. The van der Waals surface area contributed by atoms with Gasteiger partial charge in [0.25, 0.3) is 5.91 Å². The fraction of sp³-hybridized carbons (Fsp3) is 0.444. The summed E-state index contributed by atoms with van der Waals surface area (Å²) in [6.07, 6.45) is 0.998. The van der Waals surface area contributed by atoms with Gasteiger partial charge in [-0.1, -0.05) is 25.1 Å². The predicted molar refractivity (Wildman–Crippen MR) is 89.3 cm³/mol. The Labute approximate surface area is 136 Å². The number of aromatic nitrogens is 1. The zero-order valence-corrected chi connectivity index (χ0v) is 13.8. The minimum atomic E-state index is -0.0462. The van der Waals surface area contributed by atoms with Crippen molar-refractivity contribution in [1.29, 1.82) is 0 Å². The van der Waals surface area contributed by atoms with E-state index < -0.39 is 0 Å². The molecule has 1 aliphatic heterocycles. The van der Waals surface area contributed by atoms with Crippen LogP contribution >= 0.6 is 0 Å². The number of amides is 1. The fourth-order valence-electron chi connectivity index (χ4n) is 2.93. The van der Waals surface area contributed by atoms with E-state index in [1.807, 2.05) is 42.2 Å². The van der Waals surface area contributed by atoms with Crippen LogP contribution < -0.4 is 0 Å². The van der Waals surface area contributed by atoms with E-state index in [4.69, 9.17) is 4.42 Å². The number of rotatable bonds is 3. The van der Waals surface area contributed by atoms with Crippen molar-refractivity contribution >= 4 is 5.91 Å². The summed E-state index contributed by atoms with van der Waals surface area (Å²) in [5, 5.41) is 0. The number of nitrogens with zero attached hydrogens (tertiary/aromatic N) is 3. The number of hydrogen-bond donors (Lipinski definition) is 0. The van der Waals surface area contributed by atoms with Crippen LogP contribution in [0.15, 0.2) is 34.7 Å². The van der Waals surface area contributed by atoms with E-state index in [2.05, 4.69) is 16.8 Å². The van der Waals surface area contributed by atoms with Crippen LogP contribution in [0.5, 0.6) is 0 Å². The summed E-state index contributed by atoms with van der Waals surface area (Å²) in [6, 6.07) is 9.69. The van der Waals surface area contributed by atoms with Gasteiger partial charge in [-0.3, -0.25) is 4.79 Å². The molecule has 0 saturated carbocycles. The Morgan fingerprint density at radius 3 is 2.70 bits per heavy atom. The third-order valence-electron chi connectivity index (χ3n) is 4.33. The normalized spacial score (nSPS) is 16.3. The van der Waals surface area contributed by atoms with Gasteiger partial charge in [-0.05, 0) is 38.6 Å². The number of carbonyl (C=O) groups is 1. The fourth-order valence-corrected chi connectivity index (χ4v) is 2.93. The van der Waals surface area contributed by atoms with Gasteiger partial charge in [0.15, 0.2) is 0 Å². The first kappa shape index (κ1) is 15.7. The molecule has 2 heterocycles. The maximum Gasteiger partial charge on any atom is 0.291 e. The Kier molecular flexibility index (Phi) is 4.76. The van der Waals surface area contributed by atoms with Crippen LogP contribution in [0, 0.1) is 6.92 Å². The lowest BCUT2D eigenvalue weighted by Crippen LogP contribution is -2.35. The Balaban J connectivity index is 1.79. The summed E-state index contributed by atoms with van der Waals surface area (Å²) < 4.78 is 5.79. The van der Waals surface area contributed by atoms with E-state index >= 15 is 0 Å². The standard InChI is InChI=1S/C18H23N3O2/c1-3-20-10-7-11-21(13-12-20)18(22)16-14(2)19-17(23-16)15-8-5-4-6-9-15/h4-6,8-9H,3,7,10-13H2,1-2H3. The van der Waals surface area contributed by atoms with Crippen molar-refractivity contribution in [1.82, 2.24) is 14.8 Å². The Morgan fingerprint density at radius 1 is 1.17 bits per heavy atom. The van der Waals surface area contributed by atoms with Crippen molar-refractivity contribution in [3.8, 4) is 11.5 Å². The Hall–Kier alpha value is -2.14. The van der Waals surface area contributed by atoms with Crippen LogP contribution in [0.2, 0.25) is 0 Å². The van der Waals surface area contributed by atoms with Crippen molar-refractivity contribution in [2.45, 2.75) is 20.3 Å². The zero-order valence-electron chi connectivity index (χ0n) is 13.8. The highest BCUT2D eigenvalue weighted by molar-refractivity contribution is 5.93. The summed E-state index contributed by atoms with van der Waals surface area (Å²) >= 11 is 0. The molecule has 1 aliphatic rings. The molecule has 5 heteroatoms. The van der Waals surface area contributed by atoms with E-state index in [-0.39, 0.29) is 5.91 Å². The van der Waals surface area contributed by atoms with Crippen molar-refractivity contribution in [2.24, 2.45) is 0 Å². The Morgan fingerprint density at radius 2 is 1.96 bits per heavy atom. The molecule has 5 nitrogen and oxygen atoms in total. The average molecular weight is 313 g/mol. The Bertz CT molecular complexity index is 666. The highest BCUT2D eigenvalue weighted by Gasteiger charge is 2.25.